The van der Waals surface area contributed by atoms with Crippen LogP contribution >= 0.6 is 0 Å². The first-order chi connectivity index (χ1) is 9.20. The van der Waals surface area contributed by atoms with E-state index in [2.05, 4.69) is 5.32 Å². The molecular formula is C15H19FN2O. The Morgan fingerprint density at radius 2 is 1.95 bits per heavy atom. The lowest BCUT2D eigenvalue weighted by molar-refractivity contribution is 0.282. The molecule has 0 aliphatic heterocycles. The predicted molar refractivity (Wildman–Crippen MR) is 73.0 cm³/mol. The van der Waals surface area contributed by atoms with Crippen LogP contribution in [0.15, 0.2) is 41.0 Å². The van der Waals surface area contributed by atoms with Crippen LogP contribution in [0.2, 0.25) is 0 Å². The summed E-state index contributed by atoms with van der Waals surface area (Å²) in [4.78, 5) is 2.04. The van der Waals surface area contributed by atoms with Gasteiger partial charge in [0.05, 0.1) is 12.8 Å². The van der Waals surface area contributed by atoms with Crippen molar-refractivity contribution < 1.29 is 8.81 Å². The first kappa shape index (κ1) is 13.8. The number of furan rings is 1. The summed E-state index contributed by atoms with van der Waals surface area (Å²) >= 11 is 0. The van der Waals surface area contributed by atoms with Gasteiger partial charge in [-0.1, -0.05) is 18.2 Å². The van der Waals surface area contributed by atoms with Crippen molar-refractivity contribution in [3.63, 3.8) is 0 Å². The smallest absolute Gasteiger partial charge is 0.127 e. The number of halogens is 1. The molecule has 0 bridgehead atoms. The minimum absolute atomic E-state index is 0.163. The van der Waals surface area contributed by atoms with Gasteiger partial charge in [-0.3, -0.25) is 4.90 Å². The van der Waals surface area contributed by atoms with Crippen LogP contribution in [0.1, 0.15) is 16.9 Å². The second kappa shape index (κ2) is 6.50. The highest BCUT2D eigenvalue weighted by atomic mass is 19.1. The molecule has 0 saturated carbocycles. The van der Waals surface area contributed by atoms with Crippen LogP contribution in [0.25, 0.3) is 0 Å². The number of nitrogens with zero attached hydrogens (tertiary/aromatic N) is 1. The minimum Gasteiger partial charge on any atom is -0.468 e. The summed E-state index contributed by atoms with van der Waals surface area (Å²) < 4.78 is 19.0. The number of benzene rings is 1. The highest BCUT2D eigenvalue weighted by Crippen LogP contribution is 2.15. The molecule has 2 rings (SSSR count). The maximum atomic E-state index is 13.6. The molecular weight excluding hydrogens is 243 g/mol. The summed E-state index contributed by atoms with van der Waals surface area (Å²) in [6, 6.07) is 8.82. The number of hydrogen-bond acceptors (Lipinski definition) is 3. The van der Waals surface area contributed by atoms with E-state index >= 15 is 0 Å². The summed E-state index contributed by atoms with van der Waals surface area (Å²) in [5.41, 5.74) is 1.84. The van der Waals surface area contributed by atoms with Gasteiger partial charge in [-0.2, -0.15) is 0 Å². The third-order valence-corrected chi connectivity index (χ3v) is 3.02. The SMILES string of the molecule is CNCc1ccoc1CN(C)Cc1ccccc1F. The summed E-state index contributed by atoms with van der Waals surface area (Å²) in [7, 11) is 3.86. The van der Waals surface area contributed by atoms with Crippen molar-refractivity contribution >= 4 is 0 Å². The van der Waals surface area contributed by atoms with Crippen LogP contribution in [0.5, 0.6) is 0 Å². The molecule has 0 fully saturated rings. The van der Waals surface area contributed by atoms with Crippen molar-refractivity contribution in [3.8, 4) is 0 Å². The van der Waals surface area contributed by atoms with Crippen molar-refractivity contribution in [3.05, 3.63) is 59.3 Å². The average molecular weight is 262 g/mol. The molecule has 0 radical (unpaired) electrons. The molecule has 1 aromatic heterocycles. The fraction of sp³-hybridized carbons (Fsp3) is 0.333. The first-order valence-corrected chi connectivity index (χ1v) is 6.32. The Kier molecular flexibility index (Phi) is 4.71. The maximum Gasteiger partial charge on any atom is 0.127 e. The minimum atomic E-state index is -0.163. The molecule has 1 N–H and O–H groups in total. The van der Waals surface area contributed by atoms with E-state index in [4.69, 9.17) is 4.42 Å². The van der Waals surface area contributed by atoms with Crippen LogP contribution in [-0.2, 0) is 19.6 Å². The largest absolute Gasteiger partial charge is 0.468 e. The lowest BCUT2D eigenvalue weighted by Gasteiger charge is -2.16. The third kappa shape index (κ3) is 3.66. The van der Waals surface area contributed by atoms with Crippen LogP contribution in [-0.4, -0.2) is 19.0 Å². The number of nitrogens with one attached hydrogen (secondary N) is 1. The Labute approximate surface area is 113 Å². The van der Waals surface area contributed by atoms with E-state index in [9.17, 15) is 4.39 Å². The van der Waals surface area contributed by atoms with Gasteiger partial charge in [0, 0.05) is 24.2 Å². The Morgan fingerprint density at radius 3 is 2.68 bits per heavy atom. The molecule has 0 amide bonds. The van der Waals surface area contributed by atoms with E-state index < -0.39 is 0 Å². The van der Waals surface area contributed by atoms with Gasteiger partial charge in [0.25, 0.3) is 0 Å². The second-order valence-electron chi connectivity index (χ2n) is 4.66. The first-order valence-electron chi connectivity index (χ1n) is 6.32. The zero-order chi connectivity index (χ0) is 13.7. The molecule has 19 heavy (non-hydrogen) atoms. The molecule has 1 heterocycles. The molecule has 3 nitrogen and oxygen atoms in total. The highest BCUT2D eigenvalue weighted by Gasteiger charge is 2.10. The quantitative estimate of drug-likeness (QED) is 0.867. The summed E-state index contributed by atoms with van der Waals surface area (Å²) in [5, 5.41) is 3.10. The van der Waals surface area contributed by atoms with Gasteiger partial charge < -0.3 is 9.73 Å². The van der Waals surface area contributed by atoms with E-state index in [1.54, 1.807) is 12.3 Å². The van der Waals surface area contributed by atoms with Gasteiger partial charge >= 0.3 is 0 Å². The molecule has 102 valence electrons. The van der Waals surface area contributed by atoms with Crippen LogP contribution in [0.4, 0.5) is 4.39 Å². The fourth-order valence-electron chi connectivity index (χ4n) is 2.07. The molecule has 0 aliphatic carbocycles. The van der Waals surface area contributed by atoms with Crippen molar-refractivity contribution in [1.82, 2.24) is 10.2 Å². The Hall–Kier alpha value is -1.65. The maximum absolute atomic E-state index is 13.6. The molecule has 0 aliphatic rings. The van der Waals surface area contributed by atoms with Gasteiger partial charge in [-0.25, -0.2) is 4.39 Å². The lowest BCUT2D eigenvalue weighted by Crippen LogP contribution is -2.19. The van der Waals surface area contributed by atoms with Gasteiger partial charge in [-0.05, 0) is 26.2 Å². The lowest BCUT2D eigenvalue weighted by atomic mass is 10.2. The van der Waals surface area contributed by atoms with Crippen molar-refractivity contribution in [1.29, 1.82) is 0 Å². The molecule has 0 spiro atoms. The average Bonchev–Trinajstić information content (AvgIpc) is 2.80. The summed E-state index contributed by atoms with van der Waals surface area (Å²) in [5.74, 6) is 0.762. The molecule has 0 unspecified atom stereocenters. The monoisotopic (exact) mass is 262 g/mol. The Morgan fingerprint density at radius 1 is 1.16 bits per heavy atom. The van der Waals surface area contributed by atoms with Crippen LogP contribution < -0.4 is 5.32 Å². The van der Waals surface area contributed by atoms with E-state index in [-0.39, 0.29) is 5.82 Å². The van der Waals surface area contributed by atoms with Crippen LogP contribution in [0, 0.1) is 5.82 Å². The Bertz CT molecular complexity index is 524. The molecule has 0 saturated heterocycles. The number of hydrogen-bond donors (Lipinski definition) is 1. The van der Waals surface area contributed by atoms with Gasteiger partial charge in [0.1, 0.15) is 11.6 Å². The topological polar surface area (TPSA) is 28.4 Å². The van der Waals surface area contributed by atoms with Crippen molar-refractivity contribution in [2.75, 3.05) is 14.1 Å². The third-order valence-electron chi connectivity index (χ3n) is 3.02. The normalized spacial score (nSPS) is 11.2. The fourth-order valence-corrected chi connectivity index (χ4v) is 2.07. The van der Waals surface area contributed by atoms with Crippen molar-refractivity contribution in [2.24, 2.45) is 0 Å². The molecule has 4 heteroatoms. The van der Waals surface area contributed by atoms with Gasteiger partial charge in [0.15, 0.2) is 0 Å². The van der Waals surface area contributed by atoms with E-state index in [1.807, 2.05) is 37.2 Å². The van der Waals surface area contributed by atoms with E-state index in [0.29, 0.717) is 18.7 Å². The van der Waals surface area contributed by atoms with Gasteiger partial charge in [0.2, 0.25) is 0 Å². The second-order valence-corrected chi connectivity index (χ2v) is 4.66. The van der Waals surface area contributed by atoms with E-state index in [0.717, 1.165) is 17.9 Å². The van der Waals surface area contributed by atoms with Crippen LogP contribution in [0.3, 0.4) is 0 Å². The van der Waals surface area contributed by atoms with Gasteiger partial charge in [-0.15, -0.1) is 0 Å². The Balaban J connectivity index is 1.99. The highest BCUT2D eigenvalue weighted by molar-refractivity contribution is 5.19. The zero-order valence-electron chi connectivity index (χ0n) is 11.3. The summed E-state index contributed by atoms with van der Waals surface area (Å²) in [6.45, 7) is 2.00. The molecule has 0 atom stereocenters. The molecule has 2 aromatic rings. The zero-order valence-corrected chi connectivity index (χ0v) is 11.3. The standard InChI is InChI=1S/C15H19FN2O/c1-17-9-12-7-8-19-15(12)11-18(2)10-13-5-3-4-6-14(13)16/h3-8,17H,9-11H2,1-2H3. The summed E-state index contributed by atoms with van der Waals surface area (Å²) in [6.07, 6.45) is 1.69. The molecule has 1 aromatic carbocycles. The van der Waals surface area contributed by atoms with Crippen molar-refractivity contribution in [2.45, 2.75) is 19.6 Å². The number of rotatable bonds is 6. The predicted octanol–water partition coefficient (Wildman–Crippen LogP) is 2.77. The van der Waals surface area contributed by atoms with E-state index in [1.165, 1.54) is 6.07 Å².